The van der Waals surface area contributed by atoms with Crippen molar-refractivity contribution in [2.24, 2.45) is 28.6 Å². The highest BCUT2D eigenvalue weighted by molar-refractivity contribution is 5.91. The lowest BCUT2D eigenvalue weighted by Gasteiger charge is -2.57. The number of rotatable bonds is 0. The molecule has 2 nitrogen and oxygen atoms in total. The number of hydrogen-bond donors (Lipinski definition) is 0. The second kappa shape index (κ2) is 5.32. The highest BCUT2D eigenvalue weighted by Crippen LogP contribution is 2.66. The van der Waals surface area contributed by atoms with Gasteiger partial charge in [-0.15, -0.1) is 0 Å². The summed E-state index contributed by atoms with van der Waals surface area (Å²) in [5, 5.41) is 9.41. The first-order valence-corrected chi connectivity index (χ1v) is 9.74. The summed E-state index contributed by atoms with van der Waals surface area (Å²) < 4.78 is 0. The molecule has 0 aromatic rings. The van der Waals surface area contributed by atoms with E-state index < -0.39 is 0 Å². The third kappa shape index (κ3) is 2.03. The number of carbonyl (C=O) groups excluding carboxylic acids is 1. The van der Waals surface area contributed by atoms with Crippen molar-refractivity contribution in [1.29, 1.82) is 5.26 Å². The fraction of sp³-hybridized carbons (Fsp3) is 0.727. The Kier molecular flexibility index (Phi) is 3.57. The van der Waals surface area contributed by atoms with Crippen LogP contribution in [-0.4, -0.2) is 5.78 Å². The predicted molar refractivity (Wildman–Crippen MR) is 95.0 cm³/mol. The molecule has 2 heteroatoms. The van der Waals surface area contributed by atoms with E-state index in [1.807, 2.05) is 13.0 Å². The molecule has 0 unspecified atom stereocenters. The topological polar surface area (TPSA) is 40.9 Å². The molecule has 3 saturated carbocycles. The van der Waals surface area contributed by atoms with Gasteiger partial charge in [0.25, 0.3) is 0 Å². The summed E-state index contributed by atoms with van der Waals surface area (Å²) >= 11 is 0. The Balaban J connectivity index is 1.70. The van der Waals surface area contributed by atoms with Gasteiger partial charge < -0.3 is 0 Å². The van der Waals surface area contributed by atoms with Gasteiger partial charge in [0.05, 0.1) is 6.07 Å². The maximum atomic E-state index is 11.9. The Bertz CT molecular complexity index is 693. The van der Waals surface area contributed by atoms with Crippen LogP contribution in [0.3, 0.4) is 0 Å². The van der Waals surface area contributed by atoms with E-state index in [9.17, 15) is 10.1 Å². The zero-order valence-corrected chi connectivity index (χ0v) is 15.3. The summed E-state index contributed by atoms with van der Waals surface area (Å²) in [6.45, 7) is 6.90. The Hall–Kier alpha value is -1.36. The number of nitriles is 1. The second-order valence-electron chi connectivity index (χ2n) is 9.18. The molecule has 4 rings (SSSR count). The van der Waals surface area contributed by atoms with E-state index in [1.165, 1.54) is 36.8 Å². The molecule has 0 bridgehead atoms. The van der Waals surface area contributed by atoms with Crippen molar-refractivity contribution in [3.05, 3.63) is 22.8 Å². The smallest absolute Gasteiger partial charge is 0.155 e. The van der Waals surface area contributed by atoms with Gasteiger partial charge in [0.2, 0.25) is 0 Å². The average molecular weight is 323 g/mol. The first-order chi connectivity index (χ1) is 11.4. The first-order valence-electron chi connectivity index (χ1n) is 9.74. The maximum absolute atomic E-state index is 11.9. The Labute approximate surface area is 146 Å². The molecule has 0 aromatic carbocycles. The van der Waals surface area contributed by atoms with Crippen LogP contribution in [0.15, 0.2) is 22.8 Å². The molecule has 0 heterocycles. The average Bonchev–Trinajstić information content (AvgIpc) is 2.92. The largest absolute Gasteiger partial charge is 0.295 e. The fourth-order valence-corrected chi connectivity index (χ4v) is 7.06. The van der Waals surface area contributed by atoms with Crippen molar-refractivity contribution in [3.63, 3.8) is 0 Å². The van der Waals surface area contributed by atoms with Crippen LogP contribution in [0.2, 0.25) is 0 Å². The third-order valence-electron chi connectivity index (χ3n) is 8.37. The summed E-state index contributed by atoms with van der Waals surface area (Å²) in [6, 6.07) is 2.43. The number of nitrogens with zero attached hydrogens (tertiary/aromatic N) is 1. The van der Waals surface area contributed by atoms with Gasteiger partial charge in [0, 0.05) is 12.0 Å². The van der Waals surface area contributed by atoms with E-state index in [4.69, 9.17) is 0 Å². The van der Waals surface area contributed by atoms with Crippen LogP contribution >= 0.6 is 0 Å². The molecule has 0 saturated heterocycles. The summed E-state index contributed by atoms with van der Waals surface area (Å²) in [6.07, 6.45) is 11.0. The summed E-state index contributed by atoms with van der Waals surface area (Å²) in [5.41, 5.74) is 4.39. The molecule has 0 spiro atoms. The Morgan fingerprint density at radius 1 is 1.08 bits per heavy atom. The lowest BCUT2D eigenvalue weighted by atomic mass is 9.47. The normalized spacial score (nSPS) is 46.3. The Morgan fingerprint density at radius 2 is 1.83 bits per heavy atom. The van der Waals surface area contributed by atoms with E-state index in [0.717, 1.165) is 49.0 Å². The lowest BCUT2D eigenvalue weighted by Crippen LogP contribution is -2.49. The van der Waals surface area contributed by atoms with Gasteiger partial charge in [-0.05, 0) is 86.5 Å². The first kappa shape index (κ1) is 16.1. The highest BCUT2D eigenvalue weighted by Gasteiger charge is 2.57. The van der Waals surface area contributed by atoms with Crippen LogP contribution in [-0.2, 0) is 4.79 Å². The molecule has 5 atom stereocenters. The van der Waals surface area contributed by atoms with E-state index >= 15 is 0 Å². The van der Waals surface area contributed by atoms with Crippen molar-refractivity contribution in [3.8, 4) is 6.07 Å². The lowest BCUT2D eigenvalue weighted by molar-refractivity contribution is -0.117. The molecule has 4 aliphatic carbocycles. The minimum atomic E-state index is 0.253. The highest BCUT2D eigenvalue weighted by atomic mass is 16.1. The molecule has 0 aliphatic heterocycles. The molecule has 24 heavy (non-hydrogen) atoms. The zero-order valence-electron chi connectivity index (χ0n) is 15.3. The molecule has 0 N–H and O–H groups in total. The van der Waals surface area contributed by atoms with Gasteiger partial charge in [-0.2, -0.15) is 5.26 Å². The molecule has 3 fully saturated rings. The van der Waals surface area contributed by atoms with E-state index in [-0.39, 0.29) is 10.8 Å². The molecule has 0 amide bonds. The molecular weight excluding hydrogens is 294 g/mol. The number of allylic oxidation sites excluding steroid dienone is 3. The predicted octanol–water partition coefficient (Wildman–Crippen LogP) is 5.36. The molecule has 128 valence electrons. The van der Waals surface area contributed by atoms with Crippen molar-refractivity contribution >= 4 is 5.78 Å². The monoisotopic (exact) mass is 323 g/mol. The molecule has 4 aliphatic rings. The van der Waals surface area contributed by atoms with Gasteiger partial charge in [0.15, 0.2) is 5.78 Å². The number of hydrogen-bond acceptors (Lipinski definition) is 2. The van der Waals surface area contributed by atoms with Crippen molar-refractivity contribution < 1.29 is 4.79 Å². The number of fused-ring (bicyclic) bond motifs is 5. The van der Waals surface area contributed by atoms with E-state index in [0.29, 0.717) is 5.78 Å². The minimum Gasteiger partial charge on any atom is -0.295 e. The van der Waals surface area contributed by atoms with Crippen molar-refractivity contribution in [2.75, 3.05) is 0 Å². The fourth-order valence-electron chi connectivity index (χ4n) is 7.06. The van der Waals surface area contributed by atoms with E-state index in [1.54, 1.807) is 0 Å². The summed E-state index contributed by atoms with van der Waals surface area (Å²) in [4.78, 5) is 11.9. The third-order valence-corrected chi connectivity index (χ3v) is 8.37. The second-order valence-corrected chi connectivity index (χ2v) is 9.18. The summed E-state index contributed by atoms with van der Waals surface area (Å²) in [7, 11) is 0. The van der Waals surface area contributed by atoms with Gasteiger partial charge in [-0.25, -0.2) is 0 Å². The van der Waals surface area contributed by atoms with Crippen LogP contribution in [0, 0.1) is 39.9 Å². The molecule has 0 radical (unpaired) electrons. The minimum absolute atomic E-state index is 0.253. The van der Waals surface area contributed by atoms with Crippen molar-refractivity contribution in [2.45, 2.75) is 72.1 Å². The van der Waals surface area contributed by atoms with Gasteiger partial charge in [-0.3, -0.25) is 4.79 Å². The van der Waals surface area contributed by atoms with Gasteiger partial charge in [0.1, 0.15) is 0 Å². The van der Waals surface area contributed by atoms with E-state index in [2.05, 4.69) is 19.9 Å². The quantitative estimate of drug-likeness (QED) is 0.563. The SMILES string of the molecule is CC(C#N)=C1CC[C@H]2[C@@H]3CCC4=CC(=O)CC[C@]4(C)[C@H]3CC[C@]12C. The zero-order chi connectivity index (χ0) is 17.1. The molecular formula is C22H29NO. The van der Waals surface area contributed by atoms with Crippen molar-refractivity contribution in [1.82, 2.24) is 0 Å². The summed E-state index contributed by atoms with van der Waals surface area (Å²) in [5.74, 6) is 2.61. The van der Waals surface area contributed by atoms with Crippen LogP contribution in [0.4, 0.5) is 0 Å². The number of carbonyl (C=O) groups is 1. The van der Waals surface area contributed by atoms with Crippen LogP contribution in [0.5, 0.6) is 0 Å². The Morgan fingerprint density at radius 3 is 2.58 bits per heavy atom. The van der Waals surface area contributed by atoms with Gasteiger partial charge in [-0.1, -0.05) is 25.0 Å². The van der Waals surface area contributed by atoms with Crippen LogP contribution in [0.25, 0.3) is 0 Å². The molecule has 0 aromatic heterocycles. The standard InChI is InChI=1S/C22H29NO/c1-14(13-23)18-6-7-19-17-5-4-15-12-16(24)8-10-21(15,2)20(17)9-11-22(18,19)3/h12,17,19-20H,4-11H2,1-3H3/t17-,19-,20-,21-,22+/m0/s1. The van der Waals surface area contributed by atoms with Crippen LogP contribution in [0.1, 0.15) is 72.1 Å². The van der Waals surface area contributed by atoms with Crippen LogP contribution < -0.4 is 0 Å². The maximum Gasteiger partial charge on any atom is 0.155 e. The number of ketones is 1. The van der Waals surface area contributed by atoms with Gasteiger partial charge >= 0.3 is 0 Å².